The number of hydrogen-bond acceptors (Lipinski definition) is 3. The van der Waals surface area contributed by atoms with Gasteiger partial charge in [0, 0.05) is 11.7 Å². The minimum absolute atomic E-state index is 0.266. The van der Waals surface area contributed by atoms with Gasteiger partial charge in [-0.15, -0.1) is 6.58 Å². The largest absolute Gasteiger partial charge is 0.382 e. The minimum atomic E-state index is -3.35. The summed E-state index contributed by atoms with van der Waals surface area (Å²) in [6.45, 7) is 5.71. The van der Waals surface area contributed by atoms with Crippen molar-refractivity contribution in [1.82, 2.24) is 4.72 Å². The van der Waals surface area contributed by atoms with Crippen LogP contribution in [0.4, 0.5) is 5.69 Å². The highest BCUT2D eigenvalue weighted by molar-refractivity contribution is 7.89. The van der Waals surface area contributed by atoms with Gasteiger partial charge in [-0.1, -0.05) is 6.08 Å². The molecular weight excluding hydrogens is 236 g/mol. The Kier molecular flexibility index (Phi) is 4.72. The molecule has 0 fully saturated rings. The number of rotatable bonds is 6. The Morgan fingerprint density at radius 1 is 1.35 bits per heavy atom. The van der Waals surface area contributed by atoms with Crippen LogP contribution in [0.2, 0.25) is 0 Å². The molecule has 5 heteroatoms. The van der Waals surface area contributed by atoms with E-state index in [1.54, 1.807) is 24.3 Å². The predicted octanol–water partition coefficient (Wildman–Crippen LogP) is 1.97. The summed E-state index contributed by atoms with van der Waals surface area (Å²) in [5, 5.41) is 3.25. The first-order chi connectivity index (χ1) is 7.99. The molecule has 2 N–H and O–H groups in total. The minimum Gasteiger partial charge on any atom is -0.382 e. The number of hydrogen-bond donors (Lipinski definition) is 2. The van der Waals surface area contributed by atoms with Gasteiger partial charge in [0.1, 0.15) is 0 Å². The first-order valence-corrected chi connectivity index (χ1v) is 6.89. The van der Waals surface area contributed by atoms with E-state index in [1.807, 2.05) is 13.0 Å². The Balaban J connectivity index is 2.78. The van der Waals surface area contributed by atoms with Crippen LogP contribution in [0.1, 0.15) is 13.3 Å². The molecule has 4 nitrogen and oxygen atoms in total. The van der Waals surface area contributed by atoms with E-state index in [2.05, 4.69) is 16.6 Å². The van der Waals surface area contributed by atoms with Crippen molar-refractivity contribution >= 4 is 15.7 Å². The molecule has 1 aromatic carbocycles. The summed E-state index contributed by atoms with van der Waals surface area (Å²) >= 11 is 0. The van der Waals surface area contributed by atoms with E-state index in [9.17, 15) is 8.42 Å². The molecule has 94 valence electrons. The zero-order chi connectivity index (χ0) is 12.9. The Hall–Kier alpha value is -1.33. The molecule has 17 heavy (non-hydrogen) atoms. The van der Waals surface area contributed by atoms with Gasteiger partial charge in [0.25, 0.3) is 0 Å². The summed E-state index contributed by atoms with van der Waals surface area (Å²) in [4.78, 5) is 0.266. The van der Waals surface area contributed by atoms with Crippen molar-refractivity contribution in [2.24, 2.45) is 0 Å². The molecule has 0 spiro atoms. The molecule has 0 amide bonds. The summed E-state index contributed by atoms with van der Waals surface area (Å²) in [7, 11) is -1.95. The zero-order valence-corrected chi connectivity index (χ0v) is 10.9. The van der Waals surface area contributed by atoms with Crippen LogP contribution in [0.25, 0.3) is 0 Å². The van der Waals surface area contributed by atoms with Crippen molar-refractivity contribution in [1.29, 1.82) is 0 Å². The van der Waals surface area contributed by atoms with Crippen LogP contribution < -0.4 is 10.0 Å². The lowest BCUT2D eigenvalue weighted by Gasteiger charge is -2.13. The fourth-order valence-electron chi connectivity index (χ4n) is 1.44. The lowest BCUT2D eigenvalue weighted by Crippen LogP contribution is -2.18. The van der Waals surface area contributed by atoms with Crippen LogP contribution in [-0.2, 0) is 10.0 Å². The van der Waals surface area contributed by atoms with E-state index in [4.69, 9.17) is 0 Å². The SMILES string of the molecule is C=CCC(C)Nc1ccc(S(=O)(=O)NC)cc1. The Labute approximate surface area is 103 Å². The van der Waals surface area contributed by atoms with Crippen LogP contribution in [-0.4, -0.2) is 21.5 Å². The van der Waals surface area contributed by atoms with Crippen molar-refractivity contribution in [3.05, 3.63) is 36.9 Å². The highest BCUT2D eigenvalue weighted by Crippen LogP contribution is 2.15. The molecule has 0 radical (unpaired) electrons. The van der Waals surface area contributed by atoms with E-state index < -0.39 is 10.0 Å². The third-order valence-electron chi connectivity index (χ3n) is 2.37. The lowest BCUT2D eigenvalue weighted by atomic mass is 10.2. The van der Waals surface area contributed by atoms with E-state index in [0.29, 0.717) is 0 Å². The lowest BCUT2D eigenvalue weighted by molar-refractivity contribution is 0.588. The summed E-state index contributed by atoms with van der Waals surface area (Å²) in [5.41, 5.74) is 0.898. The van der Waals surface area contributed by atoms with Gasteiger partial charge < -0.3 is 5.32 Å². The number of sulfonamides is 1. The maximum atomic E-state index is 11.5. The van der Waals surface area contributed by atoms with E-state index in [0.717, 1.165) is 12.1 Å². The van der Waals surface area contributed by atoms with Gasteiger partial charge in [-0.25, -0.2) is 13.1 Å². The first-order valence-electron chi connectivity index (χ1n) is 5.40. The molecule has 1 rings (SSSR count). The number of nitrogens with one attached hydrogen (secondary N) is 2. The second-order valence-corrected chi connectivity index (χ2v) is 5.69. The van der Waals surface area contributed by atoms with E-state index >= 15 is 0 Å². The van der Waals surface area contributed by atoms with Gasteiger partial charge in [0.05, 0.1) is 4.90 Å². The molecule has 0 aliphatic carbocycles. The average Bonchev–Trinajstić information content (AvgIpc) is 2.30. The topological polar surface area (TPSA) is 58.2 Å². The second kappa shape index (κ2) is 5.84. The maximum Gasteiger partial charge on any atom is 0.240 e. The molecule has 1 aromatic rings. The molecule has 0 aliphatic heterocycles. The van der Waals surface area contributed by atoms with Crippen LogP contribution >= 0.6 is 0 Å². The first kappa shape index (κ1) is 13.7. The van der Waals surface area contributed by atoms with Crippen LogP contribution in [0.3, 0.4) is 0 Å². The van der Waals surface area contributed by atoms with Crippen molar-refractivity contribution in [3.8, 4) is 0 Å². The summed E-state index contributed by atoms with van der Waals surface area (Å²) < 4.78 is 25.3. The normalized spacial score (nSPS) is 13.1. The molecule has 0 aromatic heterocycles. The van der Waals surface area contributed by atoms with Crippen LogP contribution in [0.5, 0.6) is 0 Å². The average molecular weight is 254 g/mol. The fourth-order valence-corrected chi connectivity index (χ4v) is 2.17. The summed E-state index contributed by atoms with van der Waals surface area (Å²) in [5.74, 6) is 0. The standard InChI is InChI=1S/C12H18N2O2S/c1-4-5-10(2)14-11-6-8-12(9-7-11)17(15,16)13-3/h4,6-10,13-14H,1,5H2,2-3H3. The Morgan fingerprint density at radius 3 is 2.41 bits per heavy atom. The Morgan fingerprint density at radius 2 is 1.94 bits per heavy atom. The van der Waals surface area contributed by atoms with Gasteiger partial charge in [0.2, 0.25) is 10.0 Å². The van der Waals surface area contributed by atoms with Gasteiger partial charge in [-0.3, -0.25) is 0 Å². The molecule has 0 heterocycles. The molecular formula is C12H18N2O2S. The van der Waals surface area contributed by atoms with Crippen LogP contribution in [0.15, 0.2) is 41.8 Å². The maximum absolute atomic E-state index is 11.5. The Bertz CT molecular complexity index is 466. The number of benzene rings is 1. The van der Waals surface area contributed by atoms with Gasteiger partial charge in [-0.05, 0) is 44.7 Å². The molecule has 1 unspecified atom stereocenters. The molecule has 0 bridgehead atoms. The summed E-state index contributed by atoms with van der Waals surface area (Å²) in [6.07, 6.45) is 2.70. The fraction of sp³-hybridized carbons (Fsp3) is 0.333. The molecule has 0 saturated carbocycles. The quantitative estimate of drug-likeness (QED) is 0.763. The predicted molar refractivity (Wildman–Crippen MR) is 70.6 cm³/mol. The number of anilines is 1. The third kappa shape index (κ3) is 3.87. The van der Waals surface area contributed by atoms with E-state index in [-0.39, 0.29) is 10.9 Å². The monoisotopic (exact) mass is 254 g/mol. The zero-order valence-electron chi connectivity index (χ0n) is 10.1. The van der Waals surface area contributed by atoms with Crippen LogP contribution in [0, 0.1) is 0 Å². The van der Waals surface area contributed by atoms with Gasteiger partial charge >= 0.3 is 0 Å². The second-order valence-electron chi connectivity index (χ2n) is 3.80. The molecule has 0 aliphatic rings. The van der Waals surface area contributed by atoms with Gasteiger partial charge in [0.15, 0.2) is 0 Å². The van der Waals surface area contributed by atoms with Crippen molar-refractivity contribution < 1.29 is 8.42 Å². The van der Waals surface area contributed by atoms with Crippen molar-refractivity contribution in [2.45, 2.75) is 24.3 Å². The van der Waals surface area contributed by atoms with E-state index in [1.165, 1.54) is 7.05 Å². The molecule has 1 atom stereocenters. The van der Waals surface area contributed by atoms with Gasteiger partial charge in [-0.2, -0.15) is 0 Å². The highest BCUT2D eigenvalue weighted by Gasteiger charge is 2.10. The van der Waals surface area contributed by atoms with Crippen molar-refractivity contribution in [2.75, 3.05) is 12.4 Å². The third-order valence-corrected chi connectivity index (χ3v) is 3.80. The molecule has 0 saturated heterocycles. The smallest absolute Gasteiger partial charge is 0.240 e. The highest BCUT2D eigenvalue weighted by atomic mass is 32.2. The summed E-state index contributed by atoms with van der Waals surface area (Å²) in [6, 6.07) is 6.94. The van der Waals surface area contributed by atoms with Crippen molar-refractivity contribution in [3.63, 3.8) is 0 Å².